The first-order chi connectivity index (χ1) is 12.6. The molecule has 1 aromatic heterocycles. The molecule has 1 saturated heterocycles. The number of amides is 1. The monoisotopic (exact) mass is 352 g/mol. The smallest absolute Gasteiger partial charge is 0.309 e. The maximum Gasteiger partial charge on any atom is 0.309 e. The average molecular weight is 352 g/mol. The lowest BCUT2D eigenvalue weighted by Gasteiger charge is -2.15. The molecule has 0 radical (unpaired) electrons. The Bertz CT molecular complexity index is 881. The summed E-state index contributed by atoms with van der Waals surface area (Å²) in [4.78, 5) is 13.9. The zero-order valence-electron chi connectivity index (χ0n) is 14.0. The van der Waals surface area contributed by atoms with Crippen LogP contribution in [0, 0.1) is 22.8 Å². The summed E-state index contributed by atoms with van der Waals surface area (Å²) in [5.74, 6) is -0.503. The second-order valence-electron chi connectivity index (χ2n) is 5.87. The number of benzene rings is 1. The molecule has 1 aliphatic rings. The van der Waals surface area contributed by atoms with Crippen LogP contribution in [0.4, 0.5) is 0 Å². The Labute approximate surface area is 149 Å². The highest BCUT2D eigenvalue weighted by Gasteiger charge is 2.33. The molecule has 9 nitrogen and oxygen atoms in total. The van der Waals surface area contributed by atoms with Crippen molar-refractivity contribution in [2.75, 3.05) is 20.3 Å². The summed E-state index contributed by atoms with van der Waals surface area (Å²) in [5, 5.41) is 28.5. The molecule has 132 valence electrons. The highest BCUT2D eigenvalue weighted by Crippen LogP contribution is 2.20. The number of aromatic nitrogens is 2. The van der Waals surface area contributed by atoms with E-state index in [-0.39, 0.29) is 23.9 Å². The van der Waals surface area contributed by atoms with Crippen LogP contribution >= 0.6 is 0 Å². The number of rotatable bonds is 5. The van der Waals surface area contributed by atoms with Crippen LogP contribution in [-0.2, 0) is 4.74 Å². The molecule has 3 rings (SSSR count). The molecule has 1 aliphatic heterocycles. The van der Waals surface area contributed by atoms with Gasteiger partial charge in [0.15, 0.2) is 6.19 Å². The van der Waals surface area contributed by atoms with Gasteiger partial charge in [-0.15, -0.1) is 10.2 Å². The number of carbonyl (C=O) groups excluding carboxylic acids is 1. The second-order valence-corrected chi connectivity index (χ2v) is 5.87. The Morgan fingerprint density at radius 3 is 3.04 bits per heavy atom. The summed E-state index contributed by atoms with van der Waals surface area (Å²) < 4.78 is 10.5. The maximum absolute atomic E-state index is 12.3. The molecule has 2 heterocycles. The van der Waals surface area contributed by atoms with E-state index in [1.807, 2.05) is 6.07 Å². The number of hydrogen-bond acceptors (Lipinski definition) is 8. The van der Waals surface area contributed by atoms with Crippen LogP contribution in [0.2, 0.25) is 0 Å². The number of nitrogens with one attached hydrogen (secondary N) is 1. The van der Waals surface area contributed by atoms with Gasteiger partial charge in [0, 0.05) is 25.3 Å². The Hall–Kier alpha value is -3.43. The Kier molecular flexibility index (Phi) is 5.11. The number of hydrogen-bond donors (Lipinski definition) is 1. The van der Waals surface area contributed by atoms with Gasteiger partial charge in [-0.1, -0.05) is 6.07 Å². The lowest BCUT2D eigenvalue weighted by Crippen LogP contribution is -2.36. The summed E-state index contributed by atoms with van der Waals surface area (Å²) in [5.41, 5.74) is 1.02. The van der Waals surface area contributed by atoms with Gasteiger partial charge in [0.05, 0.1) is 24.3 Å². The first-order valence-electron chi connectivity index (χ1n) is 7.94. The Balaban J connectivity index is 1.67. The van der Waals surface area contributed by atoms with Gasteiger partial charge in [0.1, 0.15) is 0 Å². The van der Waals surface area contributed by atoms with E-state index in [9.17, 15) is 4.79 Å². The summed E-state index contributed by atoms with van der Waals surface area (Å²) >= 11 is 0. The van der Waals surface area contributed by atoms with Gasteiger partial charge in [-0.25, -0.2) is 0 Å². The van der Waals surface area contributed by atoms with Crippen molar-refractivity contribution in [3.05, 3.63) is 35.7 Å². The highest BCUT2D eigenvalue weighted by atomic mass is 16.5. The van der Waals surface area contributed by atoms with Gasteiger partial charge in [0.25, 0.3) is 0 Å². The minimum atomic E-state index is -0.499. The van der Waals surface area contributed by atoms with E-state index in [4.69, 9.17) is 19.7 Å². The molecule has 0 saturated carbocycles. The van der Waals surface area contributed by atoms with Crippen molar-refractivity contribution in [1.29, 1.82) is 10.5 Å². The number of nitrogens with zero attached hydrogens (tertiary/aromatic N) is 5. The lowest BCUT2D eigenvalue weighted by atomic mass is 10.1. The molecule has 1 N–H and O–H groups in total. The number of ether oxygens (including phenoxy) is 1. The van der Waals surface area contributed by atoms with E-state index < -0.39 is 5.91 Å². The standard InChI is InChI=1S/C17H16N6O3/c1-25-9-14-6-13(8-23(14)10-19)20-15(24)17-22-21-16(26-17)12-4-2-3-11(5-12)7-18/h2-5,13-14H,6,8-9H2,1H3,(H,20,24)/t13-,14+/m1/s1. The van der Waals surface area contributed by atoms with Crippen LogP contribution in [0.1, 0.15) is 22.7 Å². The third-order valence-corrected chi connectivity index (χ3v) is 4.10. The quantitative estimate of drug-likeness (QED) is 0.786. The maximum atomic E-state index is 12.3. The molecule has 1 aromatic carbocycles. The molecular weight excluding hydrogens is 336 g/mol. The van der Waals surface area contributed by atoms with E-state index in [1.165, 1.54) is 0 Å². The predicted molar refractivity (Wildman–Crippen MR) is 88.3 cm³/mol. The normalized spacial score (nSPS) is 19.0. The van der Waals surface area contributed by atoms with E-state index in [1.54, 1.807) is 36.3 Å². The van der Waals surface area contributed by atoms with Crippen molar-refractivity contribution in [2.45, 2.75) is 18.5 Å². The average Bonchev–Trinajstić information content (AvgIpc) is 3.29. The minimum absolute atomic E-state index is 0.0673. The van der Waals surface area contributed by atoms with Crippen LogP contribution in [0.25, 0.3) is 11.5 Å². The number of nitriles is 2. The fraction of sp³-hybridized carbons (Fsp3) is 0.353. The van der Waals surface area contributed by atoms with E-state index in [0.717, 1.165) is 0 Å². The van der Waals surface area contributed by atoms with Crippen molar-refractivity contribution in [2.24, 2.45) is 0 Å². The number of likely N-dealkylation sites (tertiary alicyclic amines) is 1. The molecule has 2 atom stereocenters. The molecule has 0 bridgehead atoms. The molecule has 0 unspecified atom stereocenters. The predicted octanol–water partition coefficient (Wildman–Crippen LogP) is 0.908. The first kappa shape index (κ1) is 17.4. The van der Waals surface area contributed by atoms with Crippen LogP contribution in [-0.4, -0.2) is 53.3 Å². The SMILES string of the molecule is COC[C@@H]1C[C@@H](NC(=O)c2nnc(-c3cccc(C#N)c3)o2)CN1C#N. The molecule has 9 heteroatoms. The van der Waals surface area contributed by atoms with Gasteiger partial charge in [-0.3, -0.25) is 4.79 Å². The molecular formula is C17H16N6O3. The molecule has 2 aromatic rings. The van der Waals surface area contributed by atoms with Gasteiger partial charge >= 0.3 is 11.8 Å². The van der Waals surface area contributed by atoms with Crippen molar-refractivity contribution in [3.63, 3.8) is 0 Å². The second kappa shape index (κ2) is 7.64. The summed E-state index contributed by atoms with van der Waals surface area (Å²) in [6.45, 7) is 0.821. The number of carbonyl (C=O) groups is 1. The zero-order valence-corrected chi connectivity index (χ0v) is 14.0. The first-order valence-corrected chi connectivity index (χ1v) is 7.94. The van der Waals surface area contributed by atoms with Crippen molar-refractivity contribution in [1.82, 2.24) is 20.4 Å². The Morgan fingerprint density at radius 2 is 2.31 bits per heavy atom. The van der Waals surface area contributed by atoms with Crippen LogP contribution in [0.5, 0.6) is 0 Å². The fourth-order valence-corrected chi connectivity index (χ4v) is 2.89. The number of methoxy groups -OCH3 is 1. The molecule has 1 amide bonds. The van der Waals surface area contributed by atoms with Crippen LogP contribution < -0.4 is 5.32 Å². The van der Waals surface area contributed by atoms with Gasteiger partial charge in [0.2, 0.25) is 5.89 Å². The Morgan fingerprint density at radius 1 is 1.46 bits per heavy atom. The fourth-order valence-electron chi connectivity index (χ4n) is 2.89. The van der Waals surface area contributed by atoms with Crippen molar-refractivity contribution in [3.8, 4) is 23.7 Å². The van der Waals surface area contributed by atoms with Gasteiger partial charge in [-0.2, -0.15) is 10.5 Å². The largest absolute Gasteiger partial charge is 0.412 e. The summed E-state index contributed by atoms with van der Waals surface area (Å²) in [7, 11) is 1.57. The lowest BCUT2D eigenvalue weighted by molar-refractivity contribution is 0.0904. The third-order valence-electron chi connectivity index (χ3n) is 4.10. The molecule has 1 fully saturated rings. The van der Waals surface area contributed by atoms with Crippen LogP contribution in [0.3, 0.4) is 0 Å². The minimum Gasteiger partial charge on any atom is -0.412 e. The van der Waals surface area contributed by atoms with Crippen LogP contribution in [0.15, 0.2) is 28.7 Å². The third kappa shape index (κ3) is 3.63. The van der Waals surface area contributed by atoms with E-state index in [2.05, 4.69) is 21.7 Å². The van der Waals surface area contributed by atoms with Gasteiger partial charge in [-0.05, 0) is 24.6 Å². The molecule has 0 aliphatic carbocycles. The zero-order chi connectivity index (χ0) is 18.5. The topological polar surface area (TPSA) is 128 Å². The molecule has 0 spiro atoms. The van der Waals surface area contributed by atoms with Crippen molar-refractivity contribution >= 4 is 5.91 Å². The molecule has 26 heavy (non-hydrogen) atoms. The van der Waals surface area contributed by atoms with Crippen molar-refractivity contribution < 1.29 is 13.9 Å². The summed E-state index contributed by atoms with van der Waals surface area (Å²) in [6.07, 6.45) is 2.70. The van der Waals surface area contributed by atoms with E-state index in [0.29, 0.717) is 30.7 Å². The van der Waals surface area contributed by atoms with Gasteiger partial charge < -0.3 is 19.4 Å². The van der Waals surface area contributed by atoms with E-state index >= 15 is 0 Å². The highest BCUT2D eigenvalue weighted by molar-refractivity contribution is 5.90. The summed E-state index contributed by atoms with van der Waals surface area (Å²) in [6, 6.07) is 8.43.